The Kier molecular flexibility index (Phi) is 4.61. The maximum Gasteiger partial charge on any atom is 0.197 e. The Morgan fingerprint density at radius 1 is 1.05 bits per heavy atom. The first-order chi connectivity index (χ1) is 9.63. The number of ether oxygens (including phenoxy) is 2. The van der Waals surface area contributed by atoms with Crippen molar-refractivity contribution in [2.45, 2.75) is 26.4 Å². The summed E-state index contributed by atoms with van der Waals surface area (Å²) >= 11 is 0. The Hall–Kier alpha value is -2.03. The number of rotatable bonds is 5. The lowest BCUT2D eigenvalue weighted by Gasteiger charge is -2.15. The summed E-state index contributed by atoms with van der Waals surface area (Å²) in [5, 5.41) is 0. The largest absolute Gasteiger partial charge is 0.493 e. The Labute approximate surface area is 119 Å². The van der Waals surface area contributed by atoms with E-state index in [9.17, 15) is 4.39 Å². The van der Waals surface area contributed by atoms with Crippen LogP contribution >= 0.6 is 0 Å². The minimum atomic E-state index is -0.338. The fourth-order valence-corrected chi connectivity index (χ4v) is 2.02. The molecule has 0 fully saturated rings. The molecule has 2 aromatic carbocycles. The van der Waals surface area contributed by atoms with Crippen LogP contribution in [0.2, 0.25) is 0 Å². The summed E-state index contributed by atoms with van der Waals surface area (Å²) < 4.78 is 25.3. The summed E-state index contributed by atoms with van der Waals surface area (Å²) in [5.74, 6) is 0.362. The molecule has 106 valence electrons. The first kappa shape index (κ1) is 14.4. The van der Waals surface area contributed by atoms with Crippen molar-refractivity contribution in [1.29, 1.82) is 0 Å². The number of hydrogen-bond donors (Lipinski definition) is 0. The van der Waals surface area contributed by atoms with Crippen LogP contribution in [0.5, 0.6) is 11.5 Å². The molecule has 0 spiro atoms. The van der Waals surface area contributed by atoms with Crippen LogP contribution < -0.4 is 9.47 Å². The molecule has 0 N–H and O–H groups in total. The van der Waals surface area contributed by atoms with Crippen LogP contribution in [0.4, 0.5) is 4.39 Å². The van der Waals surface area contributed by atoms with Crippen molar-refractivity contribution in [3.63, 3.8) is 0 Å². The second-order valence-corrected chi connectivity index (χ2v) is 4.93. The normalized spacial score (nSPS) is 10.7. The molecule has 0 amide bonds. The summed E-state index contributed by atoms with van der Waals surface area (Å²) in [6.07, 6.45) is 0. The molecule has 2 rings (SSSR count). The van der Waals surface area contributed by atoms with Crippen molar-refractivity contribution in [1.82, 2.24) is 0 Å². The van der Waals surface area contributed by atoms with Crippen LogP contribution in [-0.4, -0.2) is 7.11 Å². The molecule has 0 aliphatic carbocycles. The van der Waals surface area contributed by atoms with Crippen molar-refractivity contribution in [2.75, 3.05) is 7.11 Å². The maximum absolute atomic E-state index is 14.5. The number of benzene rings is 2. The average Bonchev–Trinajstić information content (AvgIpc) is 2.46. The van der Waals surface area contributed by atoms with Gasteiger partial charge in [0, 0.05) is 0 Å². The Balaban J connectivity index is 2.27. The van der Waals surface area contributed by atoms with E-state index in [0.717, 1.165) is 5.56 Å². The van der Waals surface area contributed by atoms with E-state index in [4.69, 9.17) is 9.47 Å². The summed E-state index contributed by atoms with van der Waals surface area (Å²) in [6, 6.07) is 13.2. The molecule has 0 aliphatic heterocycles. The van der Waals surface area contributed by atoms with Gasteiger partial charge in [0.15, 0.2) is 17.3 Å². The van der Waals surface area contributed by atoms with Gasteiger partial charge in [0.25, 0.3) is 0 Å². The average molecular weight is 274 g/mol. The summed E-state index contributed by atoms with van der Waals surface area (Å²) in [5.41, 5.74) is 1.62. The van der Waals surface area contributed by atoms with Crippen molar-refractivity contribution in [3.8, 4) is 11.5 Å². The highest BCUT2D eigenvalue weighted by atomic mass is 19.1. The third-order valence-electron chi connectivity index (χ3n) is 3.16. The quantitative estimate of drug-likeness (QED) is 0.797. The van der Waals surface area contributed by atoms with Crippen LogP contribution in [0, 0.1) is 5.82 Å². The second-order valence-electron chi connectivity index (χ2n) is 4.93. The summed E-state index contributed by atoms with van der Waals surface area (Å²) in [7, 11) is 1.51. The third-order valence-corrected chi connectivity index (χ3v) is 3.16. The van der Waals surface area contributed by atoms with Gasteiger partial charge in [-0.15, -0.1) is 0 Å². The van der Waals surface area contributed by atoms with Crippen molar-refractivity contribution in [3.05, 3.63) is 59.4 Å². The van der Waals surface area contributed by atoms with E-state index in [2.05, 4.69) is 0 Å². The van der Waals surface area contributed by atoms with Gasteiger partial charge < -0.3 is 9.47 Å². The SMILES string of the molecule is COc1ccc(C(C)C)c(F)c1OCc1ccccc1. The topological polar surface area (TPSA) is 18.5 Å². The molecule has 0 saturated carbocycles. The molecule has 0 heterocycles. The number of hydrogen-bond acceptors (Lipinski definition) is 2. The van der Waals surface area contributed by atoms with Crippen molar-refractivity contribution in [2.24, 2.45) is 0 Å². The molecule has 2 aromatic rings. The highest BCUT2D eigenvalue weighted by Crippen LogP contribution is 2.35. The van der Waals surface area contributed by atoms with E-state index in [1.807, 2.05) is 44.2 Å². The molecular weight excluding hydrogens is 255 g/mol. The lowest BCUT2D eigenvalue weighted by molar-refractivity contribution is 0.268. The predicted molar refractivity (Wildman–Crippen MR) is 77.8 cm³/mol. The molecule has 20 heavy (non-hydrogen) atoms. The maximum atomic E-state index is 14.5. The van der Waals surface area contributed by atoms with Gasteiger partial charge in [-0.2, -0.15) is 0 Å². The fraction of sp³-hybridized carbons (Fsp3) is 0.294. The zero-order chi connectivity index (χ0) is 14.5. The van der Waals surface area contributed by atoms with Crippen LogP contribution in [0.1, 0.15) is 30.9 Å². The standard InChI is InChI=1S/C17H19FO2/c1-12(2)14-9-10-15(19-3)17(16(14)18)20-11-13-7-5-4-6-8-13/h4-10,12H,11H2,1-3H3. The zero-order valence-corrected chi connectivity index (χ0v) is 12.0. The van der Waals surface area contributed by atoms with Crippen LogP contribution in [0.15, 0.2) is 42.5 Å². The Morgan fingerprint density at radius 3 is 2.35 bits per heavy atom. The molecule has 0 atom stereocenters. The fourth-order valence-electron chi connectivity index (χ4n) is 2.02. The monoisotopic (exact) mass is 274 g/mol. The van der Waals surface area contributed by atoms with Gasteiger partial charge in [-0.05, 0) is 23.1 Å². The molecule has 0 unspecified atom stereocenters. The van der Waals surface area contributed by atoms with E-state index in [1.165, 1.54) is 7.11 Å². The molecule has 0 aliphatic rings. The highest BCUT2D eigenvalue weighted by molar-refractivity contribution is 5.45. The Morgan fingerprint density at radius 2 is 1.75 bits per heavy atom. The molecule has 0 radical (unpaired) electrons. The van der Waals surface area contributed by atoms with E-state index in [1.54, 1.807) is 12.1 Å². The number of halogens is 1. The van der Waals surface area contributed by atoms with Gasteiger partial charge >= 0.3 is 0 Å². The first-order valence-corrected chi connectivity index (χ1v) is 6.66. The second kappa shape index (κ2) is 6.42. The summed E-state index contributed by atoms with van der Waals surface area (Å²) in [6.45, 7) is 4.22. The predicted octanol–water partition coefficient (Wildman–Crippen LogP) is 4.54. The lowest BCUT2D eigenvalue weighted by atomic mass is 10.0. The first-order valence-electron chi connectivity index (χ1n) is 6.66. The van der Waals surface area contributed by atoms with Gasteiger partial charge in [-0.25, -0.2) is 4.39 Å². The molecule has 0 bridgehead atoms. The zero-order valence-electron chi connectivity index (χ0n) is 12.0. The molecule has 0 saturated heterocycles. The van der Waals surface area contributed by atoms with E-state index < -0.39 is 0 Å². The van der Waals surface area contributed by atoms with Gasteiger partial charge in [-0.1, -0.05) is 50.2 Å². The molecule has 3 heteroatoms. The van der Waals surface area contributed by atoms with Gasteiger partial charge in [0.1, 0.15) is 6.61 Å². The van der Waals surface area contributed by atoms with Crippen LogP contribution in [0.25, 0.3) is 0 Å². The molecular formula is C17H19FO2. The van der Waals surface area contributed by atoms with Crippen molar-refractivity contribution >= 4 is 0 Å². The van der Waals surface area contributed by atoms with E-state index >= 15 is 0 Å². The van der Waals surface area contributed by atoms with E-state index in [0.29, 0.717) is 17.9 Å². The minimum Gasteiger partial charge on any atom is -0.493 e. The van der Waals surface area contributed by atoms with Gasteiger partial charge in [0.05, 0.1) is 7.11 Å². The third kappa shape index (κ3) is 3.10. The van der Waals surface area contributed by atoms with Gasteiger partial charge in [-0.3, -0.25) is 0 Å². The van der Waals surface area contributed by atoms with Gasteiger partial charge in [0.2, 0.25) is 0 Å². The van der Waals surface area contributed by atoms with Crippen LogP contribution in [0.3, 0.4) is 0 Å². The minimum absolute atomic E-state index is 0.0972. The highest BCUT2D eigenvalue weighted by Gasteiger charge is 2.17. The smallest absolute Gasteiger partial charge is 0.197 e. The lowest BCUT2D eigenvalue weighted by Crippen LogP contribution is -2.03. The summed E-state index contributed by atoms with van der Waals surface area (Å²) in [4.78, 5) is 0. The number of methoxy groups -OCH3 is 1. The molecule has 2 nitrogen and oxygen atoms in total. The van der Waals surface area contributed by atoms with Crippen molar-refractivity contribution < 1.29 is 13.9 Å². The Bertz CT molecular complexity index is 565. The molecule has 0 aromatic heterocycles. The van der Waals surface area contributed by atoms with Crippen LogP contribution in [-0.2, 0) is 6.61 Å². The van der Waals surface area contributed by atoms with E-state index in [-0.39, 0.29) is 17.5 Å².